The summed E-state index contributed by atoms with van der Waals surface area (Å²) < 4.78 is 7.23. The van der Waals surface area contributed by atoms with E-state index in [1.54, 1.807) is 0 Å². The summed E-state index contributed by atoms with van der Waals surface area (Å²) in [5, 5.41) is 6.13. The first-order valence-electron chi connectivity index (χ1n) is 20.9. The maximum absolute atomic E-state index is 2.46. The van der Waals surface area contributed by atoms with Crippen molar-refractivity contribution in [1.29, 1.82) is 0 Å². The second-order valence-corrected chi connectivity index (χ2v) is 15.9. The topological polar surface area (TPSA) is 18.0 Å². The van der Waals surface area contributed by atoms with Crippen molar-refractivity contribution in [2.24, 2.45) is 0 Å². The molecule has 0 spiro atoms. The molecule has 3 aromatic heterocycles. The average molecular weight is 781 g/mol. The minimum absolute atomic E-state index is 1.08. The molecule has 0 fully saturated rings. The smallest absolute Gasteiger partial charge is 0.0788 e. The molecule has 4 nitrogen and oxygen atoms in total. The van der Waals surface area contributed by atoms with Crippen molar-refractivity contribution in [3.05, 3.63) is 230 Å². The van der Waals surface area contributed by atoms with Gasteiger partial charge in [-0.3, -0.25) is 0 Å². The molecule has 0 bridgehead atoms. The van der Waals surface area contributed by atoms with Gasteiger partial charge in [0, 0.05) is 72.8 Å². The van der Waals surface area contributed by atoms with Crippen LogP contribution in [0, 0.1) is 6.92 Å². The number of benzene rings is 9. The van der Waals surface area contributed by atoms with Gasteiger partial charge < -0.3 is 18.6 Å². The molecule has 0 saturated heterocycles. The number of hydrogen-bond acceptors (Lipinski definition) is 1. The van der Waals surface area contributed by atoms with E-state index in [9.17, 15) is 0 Å². The van der Waals surface area contributed by atoms with Gasteiger partial charge in [-0.15, -0.1) is 0 Å². The summed E-state index contributed by atoms with van der Waals surface area (Å²) >= 11 is 0. The van der Waals surface area contributed by atoms with Gasteiger partial charge in [0.25, 0.3) is 0 Å². The van der Waals surface area contributed by atoms with Crippen molar-refractivity contribution >= 4 is 71.6 Å². The number of nitrogens with zero attached hydrogens (tertiary/aromatic N) is 4. The monoisotopic (exact) mass is 780 g/mol. The fourth-order valence-electron chi connectivity index (χ4n) is 9.52. The lowest BCUT2D eigenvalue weighted by molar-refractivity contribution is 1.12. The molecule has 12 rings (SSSR count). The lowest BCUT2D eigenvalue weighted by Crippen LogP contribution is -2.10. The molecule has 61 heavy (non-hydrogen) atoms. The zero-order chi connectivity index (χ0) is 40.4. The molecule has 0 saturated carbocycles. The molecule has 12 aromatic rings. The van der Waals surface area contributed by atoms with E-state index in [4.69, 9.17) is 0 Å². The molecular weight excluding hydrogens is 741 g/mol. The summed E-state index contributed by atoms with van der Waals surface area (Å²) in [6, 6.07) is 79.2. The fraction of sp³-hybridized carbons (Fsp3) is 0.0175. The summed E-state index contributed by atoms with van der Waals surface area (Å²) in [6.07, 6.45) is 2.31. The maximum atomic E-state index is 2.46. The molecular formula is C57H40N4. The zero-order valence-corrected chi connectivity index (χ0v) is 33.7. The van der Waals surface area contributed by atoms with Crippen LogP contribution < -0.4 is 4.90 Å². The number of para-hydroxylation sites is 4. The largest absolute Gasteiger partial charge is 0.314 e. The Labute approximate surface area is 354 Å². The molecule has 3 heterocycles. The highest BCUT2D eigenvalue weighted by Crippen LogP contribution is 2.43. The number of aromatic nitrogens is 3. The summed E-state index contributed by atoms with van der Waals surface area (Å²) in [6.45, 7) is 2.14. The molecule has 9 aromatic carbocycles. The molecule has 0 unspecified atom stereocenters. The Morgan fingerprint density at radius 3 is 1.59 bits per heavy atom. The second kappa shape index (κ2) is 14.0. The van der Waals surface area contributed by atoms with Gasteiger partial charge in [0.2, 0.25) is 0 Å². The Bertz CT molecular complexity index is 3560. The van der Waals surface area contributed by atoms with Crippen LogP contribution in [0.1, 0.15) is 5.56 Å². The number of anilines is 3. The number of fused-ring (bicyclic) bond motifs is 8. The van der Waals surface area contributed by atoms with E-state index in [1.165, 1.54) is 71.2 Å². The highest BCUT2D eigenvalue weighted by Gasteiger charge is 2.22. The quantitative estimate of drug-likeness (QED) is 0.158. The van der Waals surface area contributed by atoms with Crippen molar-refractivity contribution < 1.29 is 0 Å². The Balaban J connectivity index is 1.05. The highest BCUT2D eigenvalue weighted by molar-refractivity contribution is 6.20. The van der Waals surface area contributed by atoms with E-state index in [-0.39, 0.29) is 0 Å². The van der Waals surface area contributed by atoms with Crippen LogP contribution in [0.3, 0.4) is 0 Å². The molecule has 0 aliphatic heterocycles. The van der Waals surface area contributed by atoms with Gasteiger partial charge in [-0.05, 0) is 103 Å². The third-order valence-electron chi connectivity index (χ3n) is 12.3. The third kappa shape index (κ3) is 5.61. The third-order valence-corrected chi connectivity index (χ3v) is 12.3. The average Bonchev–Trinajstić information content (AvgIpc) is 3.99. The van der Waals surface area contributed by atoms with Crippen LogP contribution in [0.2, 0.25) is 0 Å². The van der Waals surface area contributed by atoms with Gasteiger partial charge in [0.05, 0.1) is 27.6 Å². The van der Waals surface area contributed by atoms with Crippen molar-refractivity contribution in [2.45, 2.75) is 6.92 Å². The highest BCUT2D eigenvalue weighted by atomic mass is 15.1. The normalized spacial score (nSPS) is 11.7. The predicted molar refractivity (Wildman–Crippen MR) is 257 cm³/mol. The summed E-state index contributed by atoms with van der Waals surface area (Å²) in [7, 11) is 0. The van der Waals surface area contributed by atoms with Crippen molar-refractivity contribution in [1.82, 2.24) is 13.7 Å². The number of hydrogen-bond donors (Lipinski definition) is 0. The van der Waals surface area contributed by atoms with Crippen LogP contribution >= 0.6 is 0 Å². The van der Waals surface area contributed by atoms with Gasteiger partial charge in [-0.2, -0.15) is 0 Å². The van der Waals surface area contributed by atoms with Gasteiger partial charge in [-0.1, -0.05) is 133 Å². The number of rotatable bonds is 7. The van der Waals surface area contributed by atoms with Gasteiger partial charge in [0.15, 0.2) is 0 Å². The molecule has 288 valence electrons. The van der Waals surface area contributed by atoms with Crippen LogP contribution in [0.25, 0.3) is 82.7 Å². The molecule has 0 aliphatic carbocycles. The van der Waals surface area contributed by atoms with E-state index in [0.29, 0.717) is 0 Å². The van der Waals surface area contributed by atoms with E-state index in [0.717, 1.165) is 34.1 Å². The molecule has 0 radical (unpaired) electrons. The molecule has 4 heteroatoms. The minimum atomic E-state index is 1.08. The van der Waals surface area contributed by atoms with Crippen LogP contribution in [0.4, 0.5) is 17.1 Å². The number of aryl methyl sites for hydroxylation is 1. The summed E-state index contributed by atoms with van der Waals surface area (Å²) in [4.78, 5) is 2.37. The first-order chi connectivity index (χ1) is 30.2. The molecule has 0 amide bonds. The van der Waals surface area contributed by atoms with E-state index in [2.05, 4.69) is 250 Å². The molecule has 0 atom stereocenters. The molecule has 0 N–H and O–H groups in total. The van der Waals surface area contributed by atoms with Crippen LogP contribution in [0.5, 0.6) is 0 Å². The zero-order valence-electron chi connectivity index (χ0n) is 33.7. The van der Waals surface area contributed by atoms with Crippen LogP contribution in [0.15, 0.2) is 225 Å². The summed E-state index contributed by atoms with van der Waals surface area (Å²) in [5.41, 5.74) is 16.3. The fourth-order valence-corrected chi connectivity index (χ4v) is 9.52. The molecule has 0 aliphatic rings. The van der Waals surface area contributed by atoms with E-state index < -0.39 is 0 Å². The predicted octanol–water partition coefficient (Wildman–Crippen LogP) is 15.3. The Morgan fingerprint density at radius 1 is 0.344 bits per heavy atom. The lowest BCUT2D eigenvalue weighted by Gasteiger charge is -2.26. The second-order valence-electron chi connectivity index (χ2n) is 15.9. The van der Waals surface area contributed by atoms with Gasteiger partial charge in [0.1, 0.15) is 0 Å². The Kier molecular flexibility index (Phi) is 8.04. The standard InChI is InChI=1S/C57H40N4/c1-39-25-27-44(28-26-39)60-53-23-13-12-22-48(53)51-37-46(33-36-55(51)60)59(42-19-9-4-10-20-42)43-29-31-45(32-30-43)61-54-24-14-11-21-47(54)49-34-35-50-52(40-15-5-2-6-16-40)38-58(56(50)57(49)61)41-17-7-3-8-18-41/h2-38H,1H3. The van der Waals surface area contributed by atoms with E-state index >= 15 is 0 Å². The van der Waals surface area contributed by atoms with Crippen molar-refractivity contribution in [3.8, 4) is 28.2 Å². The van der Waals surface area contributed by atoms with Crippen molar-refractivity contribution in [2.75, 3.05) is 4.90 Å². The minimum Gasteiger partial charge on any atom is -0.314 e. The first-order valence-corrected chi connectivity index (χ1v) is 20.9. The van der Waals surface area contributed by atoms with Crippen LogP contribution in [-0.2, 0) is 0 Å². The Morgan fingerprint density at radius 2 is 0.869 bits per heavy atom. The first kappa shape index (κ1) is 34.9. The van der Waals surface area contributed by atoms with Gasteiger partial charge >= 0.3 is 0 Å². The maximum Gasteiger partial charge on any atom is 0.0788 e. The van der Waals surface area contributed by atoms with Gasteiger partial charge in [-0.25, -0.2) is 0 Å². The lowest BCUT2D eigenvalue weighted by atomic mass is 10.0. The summed E-state index contributed by atoms with van der Waals surface area (Å²) in [5.74, 6) is 0. The van der Waals surface area contributed by atoms with Crippen LogP contribution in [-0.4, -0.2) is 13.7 Å². The Hall–Kier alpha value is -8.08. The van der Waals surface area contributed by atoms with Crippen molar-refractivity contribution in [3.63, 3.8) is 0 Å². The SMILES string of the molecule is Cc1ccc(-n2c3ccccc3c3cc(N(c4ccccc4)c4ccc(-n5c6ccccc6c6ccc7c(-c8ccccc8)cn(-c8ccccc8)c7c65)cc4)ccc32)cc1. The van der Waals surface area contributed by atoms with E-state index in [1.807, 2.05) is 0 Å².